The number of nitrogens with zero attached hydrogens (tertiary/aromatic N) is 10. The van der Waals surface area contributed by atoms with Gasteiger partial charge in [-0.25, -0.2) is 4.98 Å². The summed E-state index contributed by atoms with van der Waals surface area (Å²) in [6.45, 7) is 12.3. The molecule has 0 spiro atoms. The summed E-state index contributed by atoms with van der Waals surface area (Å²) in [7, 11) is 0. The van der Waals surface area contributed by atoms with Crippen LogP contribution in [0.1, 0.15) is 79.6 Å². The first kappa shape index (κ1) is 52.5. The molecular weight excluding hydrogens is 969 g/mol. The van der Waals surface area contributed by atoms with E-state index in [4.69, 9.17) is 14.2 Å². The molecule has 0 N–H and O–H groups in total. The molecule has 0 bridgehead atoms. The summed E-state index contributed by atoms with van der Waals surface area (Å²) in [5, 5.41) is 13.5. The van der Waals surface area contributed by atoms with E-state index < -0.39 is 0 Å². The number of fused-ring (bicyclic) bond motifs is 3. The van der Waals surface area contributed by atoms with E-state index in [0.717, 1.165) is 56.8 Å². The third-order valence-electron chi connectivity index (χ3n) is 13.0. The van der Waals surface area contributed by atoms with Crippen molar-refractivity contribution in [1.82, 2.24) is 34.3 Å². The Hall–Kier alpha value is -9.31. The van der Waals surface area contributed by atoms with E-state index in [-0.39, 0.29) is 31.2 Å². The lowest BCUT2D eigenvalue weighted by atomic mass is 10.1. The molecule has 0 radical (unpaired) electrons. The largest absolute Gasteiger partial charge is 0.487 e. The highest BCUT2D eigenvalue weighted by Gasteiger charge is 2.33. The molecule has 0 aliphatic carbocycles. The van der Waals surface area contributed by atoms with Crippen molar-refractivity contribution >= 4 is 34.9 Å². The predicted molar refractivity (Wildman–Crippen MR) is 297 cm³/mol. The Morgan fingerprint density at radius 2 is 0.922 bits per heavy atom. The van der Waals surface area contributed by atoms with Crippen molar-refractivity contribution in [2.45, 2.75) is 80.6 Å². The van der Waals surface area contributed by atoms with Crippen molar-refractivity contribution in [2.75, 3.05) is 27.8 Å². The Kier molecular flexibility index (Phi) is 16.3. The van der Waals surface area contributed by atoms with Gasteiger partial charge in [-0.05, 0) is 124 Å². The van der Waals surface area contributed by atoms with Crippen LogP contribution >= 0.6 is 0 Å². The molecule has 12 rings (SSSR count). The average Bonchev–Trinajstić information content (AvgIpc) is 4.25. The molecule has 16 nitrogen and oxygen atoms in total. The summed E-state index contributed by atoms with van der Waals surface area (Å²) in [6.07, 6.45) is 1.77. The Labute approximate surface area is 448 Å². The molecule has 3 aliphatic rings. The van der Waals surface area contributed by atoms with Gasteiger partial charge in [-0.2, -0.15) is 15.3 Å². The molecule has 3 amide bonds. The minimum Gasteiger partial charge on any atom is -0.487 e. The van der Waals surface area contributed by atoms with E-state index >= 15 is 0 Å². The minimum atomic E-state index is -0.0823. The third kappa shape index (κ3) is 12.5. The maximum absolute atomic E-state index is 13.0. The molecule has 3 aliphatic heterocycles. The molecule has 0 fully saturated rings. The van der Waals surface area contributed by atoms with Gasteiger partial charge < -0.3 is 24.0 Å². The Morgan fingerprint density at radius 3 is 1.42 bits per heavy atom. The lowest BCUT2D eigenvalue weighted by Crippen LogP contribution is -2.46. The van der Waals surface area contributed by atoms with Crippen molar-refractivity contribution in [3.8, 4) is 17.2 Å². The summed E-state index contributed by atoms with van der Waals surface area (Å²) in [6, 6.07) is 54.2. The van der Waals surface area contributed by atoms with Gasteiger partial charge in [0.1, 0.15) is 77.1 Å². The molecular formula is C61H62N10O6. The maximum Gasteiger partial charge on any atom is 0.277 e. The van der Waals surface area contributed by atoms with Crippen LogP contribution in [0.15, 0.2) is 176 Å². The van der Waals surface area contributed by atoms with E-state index in [0.29, 0.717) is 75.4 Å². The van der Waals surface area contributed by atoms with Crippen LogP contribution in [0.25, 0.3) is 0 Å². The number of para-hydroxylation sites is 3. The number of hydrogen-bond donors (Lipinski definition) is 0. The molecule has 0 saturated carbocycles. The standard InChI is InChI=1S/C21H21N3O2.C20H19N3O2.C19H18N4O2.CH4/c1-15-8-10-18(11-9-15)24-16(2)13-23-20(21(24)25)12-17(22-23)14-26-19-6-4-3-5-7-19;1-15-6-5-7-17(12-15)22-10-11-23-19(20(22)24)13-16(21-23)14-25-18-8-3-2-4-9-18;1-14-7-8-18(20-12-14)22-9-10-23-17(19(22)24)11-15(21-23)13-25-16-5-3-2-4-6-16;/h3-12,16H,13-14H2,1-2H3;2-9,12-13H,10-11,14H2,1H3;2-8,11-12H,9-10,13H2,1H3;1H4. The van der Waals surface area contributed by atoms with Crippen LogP contribution in [-0.2, 0) is 39.5 Å². The number of aromatic nitrogens is 7. The van der Waals surface area contributed by atoms with Gasteiger partial charge in [0.15, 0.2) is 0 Å². The van der Waals surface area contributed by atoms with Crippen LogP contribution < -0.4 is 28.9 Å². The fourth-order valence-electron chi connectivity index (χ4n) is 9.12. The molecule has 0 saturated heterocycles. The van der Waals surface area contributed by atoms with Crippen LogP contribution in [-0.4, -0.2) is 71.2 Å². The fourth-order valence-corrected chi connectivity index (χ4v) is 9.12. The molecule has 16 heteroatoms. The van der Waals surface area contributed by atoms with Crippen molar-refractivity contribution in [1.29, 1.82) is 0 Å². The van der Waals surface area contributed by atoms with Gasteiger partial charge in [-0.1, -0.05) is 97.9 Å². The summed E-state index contributed by atoms with van der Waals surface area (Å²) >= 11 is 0. The monoisotopic (exact) mass is 1030 g/mol. The lowest BCUT2D eigenvalue weighted by Gasteiger charge is -2.33. The van der Waals surface area contributed by atoms with Crippen LogP contribution in [0.3, 0.4) is 0 Å². The highest BCUT2D eigenvalue weighted by molar-refractivity contribution is 6.07. The second-order valence-corrected chi connectivity index (χ2v) is 18.8. The summed E-state index contributed by atoms with van der Waals surface area (Å²) in [5.74, 6) is 2.92. The molecule has 1 atom stereocenters. The Balaban J connectivity index is 0.000000140. The van der Waals surface area contributed by atoms with E-state index in [1.807, 2.05) is 201 Å². The lowest BCUT2D eigenvalue weighted by molar-refractivity contribution is 0.0942. The quantitative estimate of drug-likeness (QED) is 0.115. The number of aryl methyl sites for hydroxylation is 3. The molecule has 77 heavy (non-hydrogen) atoms. The number of carbonyl (C=O) groups is 3. The van der Waals surface area contributed by atoms with Gasteiger partial charge in [0, 0.05) is 30.7 Å². The highest BCUT2D eigenvalue weighted by atomic mass is 16.5. The SMILES string of the molecule is C.Cc1ccc(N2C(=O)c3cc(COc4ccccc4)nn3CC2C)cc1.Cc1ccc(N2CCn3nc(COc4ccccc4)cc3C2=O)nc1.Cc1cccc(N2CCn3nc(COc4ccccc4)cc3C2=O)c1. The molecule has 5 aromatic carbocycles. The van der Waals surface area contributed by atoms with Crippen LogP contribution in [0, 0.1) is 20.8 Å². The summed E-state index contributed by atoms with van der Waals surface area (Å²) in [4.78, 5) is 48.3. The van der Waals surface area contributed by atoms with Crippen LogP contribution in [0.5, 0.6) is 17.2 Å². The molecule has 1 unspecified atom stereocenters. The predicted octanol–water partition coefficient (Wildman–Crippen LogP) is 10.7. The Morgan fingerprint density at radius 1 is 0.455 bits per heavy atom. The second-order valence-electron chi connectivity index (χ2n) is 18.8. The first-order chi connectivity index (χ1) is 37.0. The van der Waals surface area contributed by atoms with Gasteiger partial charge in [0.05, 0.1) is 25.7 Å². The van der Waals surface area contributed by atoms with E-state index in [9.17, 15) is 14.4 Å². The number of anilines is 3. The van der Waals surface area contributed by atoms with Gasteiger partial charge in [-0.3, -0.25) is 33.3 Å². The number of amides is 3. The zero-order valence-corrected chi connectivity index (χ0v) is 42.9. The van der Waals surface area contributed by atoms with Crippen molar-refractivity contribution < 1.29 is 28.6 Å². The highest BCUT2D eigenvalue weighted by Crippen LogP contribution is 2.28. The smallest absolute Gasteiger partial charge is 0.277 e. The number of rotatable bonds is 12. The minimum absolute atomic E-state index is 0. The summed E-state index contributed by atoms with van der Waals surface area (Å²) in [5.41, 5.74) is 9.28. The van der Waals surface area contributed by atoms with E-state index in [1.54, 1.807) is 31.2 Å². The molecule has 4 aromatic heterocycles. The van der Waals surface area contributed by atoms with Crippen LogP contribution in [0.2, 0.25) is 0 Å². The first-order valence-electron chi connectivity index (χ1n) is 25.3. The number of hydrogen-bond acceptors (Lipinski definition) is 10. The second kappa shape index (κ2) is 23.9. The van der Waals surface area contributed by atoms with Crippen molar-refractivity contribution in [3.63, 3.8) is 0 Å². The Bertz CT molecular complexity index is 3430. The van der Waals surface area contributed by atoms with Crippen LogP contribution in [0.4, 0.5) is 17.2 Å². The fraction of sp³-hybridized carbons (Fsp3) is 0.230. The molecule has 7 heterocycles. The van der Waals surface area contributed by atoms with Crippen molar-refractivity contribution in [3.05, 3.63) is 227 Å². The normalized spacial score (nSPS) is 14.4. The van der Waals surface area contributed by atoms with Gasteiger partial charge >= 0.3 is 0 Å². The number of pyridine rings is 1. The van der Waals surface area contributed by atoms with Gasteiger partial charge in [-0.15, -0.1) is 0 Å². The first-order valence-corrected chi connectivity index (χ1v) is 25.3. The van der Waals surface area contributed by atoms with E-state index in [2.05, 4.69) is 20.3 Å². The topological polar surface area (TPSA) is 155 Å². The zero-order valence-electron chi connectivity index (χ0n) is 42.9. The van der Waals surface area contributed by atoms with Gasteiger partial charge in [0.2, 0.25) is 0 Å². The van der Waals surface area contributed by atoms with Gasteiger partial charge in [0.25, 0.3) is 17.7 Å². The number of carbonyl (C=O) groups excluding carboxylic acids is 3. The maximum atomic E-state index is 13.0. The third-order valence-corrected chi connectivity index (χ3v) is 13.0. The van der Waals surface area contributed by atoms with E-state index in [1.165, 1.54) is 5.56 Å². The molecule has 392 valence electrons. The number of ether oxygens (including phenoxy) is 3. The number of benzene rings is 5. The van der Waals surface area contributed by atoms with Crippen molar-refractivity contribution in [2.24, 2.45) is 0 Å². The molecule has 9 aromatic rings. The average molecular weight is 1030 g/mol. The summed E-state index contributed by atoms with van der Waals surface area (Å²) < 4.78 is 22.5. The zero-order chi connectivity index (χ0) is 52.5.